The third kappa shape index (κ3) is 5.13. The molecule has 1 aromatic carbocycles. The third-order valence-corrected chi connectivity index (χ3v) is 7.60. The quantitative estimate of drug-likeness (QED) is 0.477. The third-order valence-electron chi connectivity index (χ3n) is 7.60. The highest BCUT2D eigenvalue weighted by molar-refractivity contribution is 5.72. The molecule has 0 spiro atoms. The Bertz CT molecular complexity index is 1450. The van der Waals surface area contributed by atoms with Gasteiger partial charge < -0.3 is 24.4 Å². The topological polar surface area (TPSA) is 90.7 Å². The van der Waals surface area contributed by atoms with Gasteiger partial charge in [0.2, 0.25) is 0 Å². The van der Waals surface area contributed by atoms with Gasteiger partial charge in [-0.3, -0.25) is 9.78 Å². The number of benzene rings is 1. The van der Waals surface area contributed by atoms with Crippen molar-refractivity contribution in [3.05, 3.63) is 58.1 Å². The first-order chi connectivity index (χ1) is 19.3. The fourth-order valence-electron chi connectivity index (χ4n) is 5.59. The van der Waals surface area contributed by atoms with Crippen LogP contribution in [0.15, 0.2) is 41.5 Å². The van der Waals surface area contributed by atoms with Crippen molar-refractivity contribution in [3.8, 4) is 22.7 Å². The Morgan fingerprint density at radius 3 is 2.80 bits per heavy atom. The summed E-state index contributed by atoms with van der Waals surface area (Å²) in [5, 5.41) is 7.55. The van der Waals surface area contributed by atoms with Gasteiger partial charge in [0.05, 0.1) is 36.4 Å². The largest absolute Gasteiger partial charge is 0.495 e. The summed E-state index contributed by atoms with van der Waals surface area (Å²) in [5.41, 5.74) is 0.467. The number of ether oxygens (including phenoxy) is 3. The number of nitrogens with one attached hydrogen (secondary N) is 1. The van der Waals surface area contributed by atoms with Gasteiger partial charge in [0.15, 0.2) is 6.29 Å². The highest BCUT2D eigenvalue weighted by Crippen LogP contribution is 2.38. The van der Waals surface area contributed by atoms with Crippen LogP contribution in [-0.2, 0) is 22.1 Å². The first kappa shape index (κ1) is 26.6. The average molecular weight is 558 g/mol. The van der Waals surface area contributed by atoms with E-state index in [1.165, 1.54) is 25.4 Å². The number of aromatic nitrogens is 3. The van der Waals surface area contributed by atoms with Gasteiger partial charge in [0, 0.05) is 49.3 Å². The molecule has 2 saturated heterocycles. The Morgan fingerprint density at radius 1 is 1.15 bits per heavy atom. The second-order valence-corrected chi connectivity index (χ2v) is 10.2. The van der Waals surface area contributed by atoms with E-state index in [9.17, 15) is 18.0 Å². The maximum Gasteiger partial charge on any atom is 0.418 e. The van der Waals surface area contributed by atoms with Crippen LogP contribution in [0.3, 0.4) is 0 Å². The van der Waals surface area contributed by atoms with Gasteiger partial charge in [-0.05, 0) is 56.4 Å². The van der Waals surface area contributed by atoms with Crippen LogP contribution in [0.4, 0.5) is 24.5 Å². The SMILES string of the molecule is COc1cncc(-c2nn(-c3cc(N4CCC(O[C@H]5CCCCO5)C4)ccc3C(F)(F)F)c(=O)c3c2CCN3)c1. The van der Waals surface area contributed by atoms with Crippen molar-refractivity contribution in [3.63, 3.8) is 0 Å². The van der Waals surface area contributed by atoms with E-state index in [0.717, 1.165) is 36.4 Å². The summed E-state index contributed by atoms with van der Waals surface area (Å²) >= 11 is 0. The van der Waals surface area contributed by atoms with Gasteiger partial charge in [-0.25, -0.2) is 0 Å². The van der Waals surface area contributed by atoms with Crippen LogP contribution in [0.25, 0.3) is 16.9 Å². The molecular weight excluding hydrogens is 527 g/mol. The van der Waals surface area contributed by atoms with E-state index in [2.05, 4.69) is 15.4 Å². The maximum absolute atomic E-state index is 14.3. The summed E-state index contributed by atoms with van der Waals surface area (Å²) in [6, 6.07) is 5.55. The number of methoxy groups -OCH3 is 1. The molecule has 3 aliphatic heterocycles. The minimum absolute atomic E-state index is 0.0916. The predicted octanol–water partition coefficient (Wildman–Crippen LogP) is 4.41. The number of rotatable bonds is 6. The number of hydrogen-bond acceptors (Lipinski definition) is 8. The van der Waals surface area contributed by atoms with Crippen molar-refractivity contribution in [2.75, 3.05) is 43.6 Å². The standard InChI is InChI=1S/C28H30F3N5O4/c1-38-20-12-17(14-32-15-20)25-21-7-9-33-26(21)27(37)36(34-25)23-13-18(5-6-22(23)28(29,30)31)35-10-8-19(16-35)40-24-4-2-3-11-39-24/h5-6,12-15,19,24,33H,2-4,7-11,16H2,1H3/t19?,24-/m0/s1. The summed E-state index contributed by atoms with van der Waals surface area (Å²) in [6.07, 6.45) is 2.19. The monoisotopic (exact) mass is 557 g/mol. The fourth-order valence-corrected chi connectivity index (χ4v) is 5.59. The second-order valence-electron chi connectivity index (χ2n) is 10.2. The zero-order valence-electron chi connectivity index (χ0n) is 22.0. The molecule has 0 saturated carbocycles. The van der Waals surface area contributed by atoms with Crippen molar-refractivity contribution >= 4 is 11.4 Å². The van der Waals surface area contributed by atoms with E-state index in [1.807, 2.05) is 4.90 Å². The van der Waals surface area contributed by atoms with E-state index in [4.69, 9.17) is 14.2 Å². The first-order valence-electron chi connectivity index (χ1n) is 13.4. The molecule has 2 aromatic heterocycles. The molecular formula is C28H30F3N5O4. The summed E-state index contributed by atoms with van der Waals surface area (Å²) in [4.78, 5) is 19.7. The molecule has 9 nitrogen and oxygen atoms in total. The first-order valence-corrected chi connectivity index (χ1v) is 13.4. The number of halogens is 3. The number of anilines is 2. The number of hydrogen-bond donors (Lipinski definition) is 1. The zero-order valence-corrected chi connectivity index (χ0v) is 22.0. The summed E-state index contributed by atoms with van der Waals surface area (Å²) < 4.78 is 60.7. The van der Waals surface area contributed by atoms with Gasteiger partial charge in [0.25, 0.3) is 5.56 Å². The smallest absolute Gasteiger partial charge is 0.418 e. The van der Waals surface area contributed by atoms with E-state index < -0.39 is 17.3 Å². The van der Waals surface area contributed by atoms with Crippen molar-refractivity contribution in [1.29, 1.82) is 0 Å². The molecule has 0 amide bonds. The Balaban J connectivity index is 1.40. The molecule has 2 fully saturated rings. The fraction of sp³-hybridized carbons (Fsp3) is 0.464. The molecule has 12 heteroatoms. The molecule has 0 aliphatic carbocycles. The molecule has 212 valence electrons. The summed E-state index contributed by atoms with van der Waals surface area (Å²) in [7, 11) is 1.50. The van der Waals surface area contributed by atoms with Crippen LogP contribution in [0.2, 0.25) is 0 Å². The molecule has 1 unspecified atom stereocenters. The highest BCUT2D eigenvalue weighted by Gasteiger charge is 2.37. The molecule has 3 aliphatic rings. The van der Waals surface area contributed by atoms with Gasteiger partial charge >= 0.3 is 6.18 Å². The lowest BCUT2D eigenvalue weighted by Crippen LogP contribution is -2.30. The maximum atomic E-state index is 14.3. The van der Waals surface area contributed by atoms with Crippen LogP contribution in [-0.4, -0.2) is 60.5 Å². The normalized spacial score (nSPS) is 20.9. The number of alkyl halides is 3. The lowest BCUT2D eigenvalue weighted by Gasteiger charge is -2.26. The lowest BCUT2D eigenvalue weighted by molar-refractivity contribution is -0.183. The molecule has 2 atom stereocenters. The Kier molecular flexibility index (Phi) is 7.13. The Hall–Kier alpha value is -3.64. The van der Waals surface area contributed by atoms with Crippen LogP contribution in [0.5, 0.6) is 5.75 Å². The number of pyridine rings is 1. The van der Waals surface area contributed by atoms with Crippen molar-refractivity contribution in [2.45, 2.75) is 50.7 Å². The van der Waals surface area contributed by atoms with Gasteiger partial charge in [0.1, 0.15) is 11.4 Å². The van der Waals surface area contributed by atoms with E-state index >= 15 is 0 Å². The van der Waals surface area contributed by atoms with Gasteiger partial charge in [-0.1, -0.05) is 0 Å². The van der Waals surface area contributed by atoms with Crippen molar-refractivity contribution in [2.24, 2.45) is 0 Å². The number of nitrogens with zero attached hydrogens (tertiary/aromatic N) is 4. The van der Waals surface area contributed by atoms with Gasteiger partial charge in [-0.2, -0.15) is 23.0 Å². The molecule has 1 N–H and O–H groups in total. The predicted molar refractivity (Wildman–Crippen MR) is 142 cm³/mol. The zero-order chi connectivity index (χ0) is 27.9. The van der Waals surface area contributed by atoms with E-state index in [-0.39, 0.29) is 23.8 Å². The van der Waals surface area contributed by atoms with Crippen molar-refractivity contribution < 1.29 is 27.4 Å². The molecule has 5 heterocycles. The van der Waals surface area contributed by atoms with Gasteiger partial charge in [-0.15, -0.1) is 0 Å². The highest BCUT2D eigenvalue weighted by atomic mass is 19.4. The second kappa shape index (κ2) is 10.7. The minimum Gasteiger partial charge on any atom is -0.495 e. The van der Waals surface area contributed by atoms with Crippen LogP contribution in [0.1, 0.15) is 36.8 Å². The molecule has 6 rings (SSSR count). The summed E-state index contributed by atoms with van der Waals surface area (Å²) in [6.45, 7) is 2.28. The number of fused-ring (bicyclic) bond motifs is 1. The van der Waals surface area contributed by atoms with Crippen LogP contribution in [0, 0.1) is 0 Å². The van der Waals surface area contributed by atoms with Crippen molar-refractivity contribution in [1.82, 2.24) is 14.8 Å². The average Bonchev–Trinajstić information content (AvgIpc) is 3.64. The summed E-state index contributed by atoms with van der Waals surface area (Å²) in [5.74, 6) is 0.471. The van der Waals surface area contributed by atoms with Crippen LogP contribution >= 0.6 is 0 Å². The Morgan fingerprint density at radius 2 is 2.02 bits per heavy atom. The minimum atomic E-state index is -4.70. The Labute approximate surface area is 228 Å². The molecule has 3 aromatic rings. The molecule has 40 heavy (non-hydrogen) atoms. The molecule has 0 radical (unpaired) electrons. The van der Waals surface area contributed by atoms with E-state index in [1.54, 1.807) is 12.3 Å². The van der Waals surface area contributed by atoms with Crippen LogP contribution < -0.4 is 20.5 Å². The lowest BCUT2D eigenvalue weighted by atomic mass is 10.1. The molecule has 0 bridgehead atoms. The van der Waals surface area contributed by atoms with E-state index in [0.29, 0.717) is 60.9 Å².